The first-order valence-corrected chi connectivity index (χ1v) is 36.6. The van der Waals surface area contributed by atoms with E-state index < -0.39 is 128 Å². The zero-order valence-corrected chi connectivity index (χ0v) is 63.8. The molecule has 4 saturated heterocycles. The maximum atomic E-state index is 15.3. The van der Waals surface area contributed by atoms with E-state index in [1.54, 1.807) is 159 Å². The number of carbonyl (C=O) groups excluding carboxylic acids is 4. The lowest BCUT2D eigenvalue weighted by atomic mass is 10.1. The van der Waals surface area contributed by atoms with Crippen LogP contribution in [0.25, 0.3) is 33.1 Å². The Morgan fingerprint density at radius 3 is 1.36 bits per heavy atom. The maximum absolute atomic E-state index is 15.3. The highest BCUT2D eigenvalue weighted by Crippen LogP contribution is 2.40. The number of carbonyl (C=O) groups is 4. The number of nitrogens with one attached hydrogen (secondary N) is 1. The van der Waals surface area contributed by atoms with Gasteiger partial charge < -0.3 is 79.6 Å². The van der Waals surface area contributed by atoms with Crippen LogP contribution in [0.2, 0.25) is 26.2 Å². The van der Waals surface area contributed by atoms with E-state index >= 15 is 4.39 Å². The Morgan fingerprint density at radius 2 is 0.888 bits per heavy atom. The second-order valence-corrected chi connectivity index (χ2v) is 25.6. The van der Waals surface area contributed by atoms with Crippen LogP contribution in [0, 0.1) is 0 Å². The third-order valence-corrected chi connectivity index (χ3v) is 18.2. The van der Waals surface area contributed by atoms with E-state index in [0.717, 1.165) is 5.39 Å². The second kappa shape index (κ2) is 40.6. The zero-order valence-electron chi connectivity index (χ0n) is 56.9. The minimum absolute atomic E-state index is 0. The molecule has 0 aliphatic carbocycles. The highest BCUT2D eigenvalue weighted by atomic mass is 79.9. The van der Waals surface area contributed by atoms with Gasteiger partial charge in [-0.25, -0.2) is 51.7 Å². The Kier molecular flexibility index (Phi) is 32.8. The Morgan fingerprint density at radius 1 is 0.505 bits per heavy atom. The standard InChI is InChI=1S/C20H19FO5.C19H16Cl2FN3O3.C13H14BrFO3.C11H12ClFN4O3.C6H3Cl2N3.CH3Br.H3N.H2O/c1-2-15-17(25-18(22)13-9-5-3-6-10-13)16(21)20(24-15)26-19(23)14-11-7-4-8-12-14;1-2-12-14(28-18(26)10-6-4-3-5-7-10)13(22)17(27-12)25-9-8-11-15(20)23-19(21)24-16(11)25;1-2-9-11(10(15)12(14)17-9)18-13(16)8-6-4-3-5-7-8;12-11-15-8(14)4-1-2-17(9(4)16-11)10-6(13)7(19)5(3-18)20-10;7-4-3-1-2-9-5(3)11-6(8)10-4;1-2;;/h3-12,15-17,20H,2H2,1H3;3-9,12-14,17H,2H2,1H3;3-7,9-12H,2H2,1H3;1-2,5-7,10,18-19H,3H2,(H2,14,15,16);1-2H,(H,9,10,11);1H3;1H3;1H2/t15-,16-,17?,20-;12-,13-,14?,17-;9-,10-,11?,12+;5-,6-,7?,10-;;;;/m1111..../s1. The number of aromatic amines is 1. The molecule has 0 bridgehead atoms. The maximum Gasteiger partial charge on any atom is 0.340 e. The molecule has 4 aromatic carbocycles. The van der Waals surface area contributed by atoms with Crippen LogP contribution in [0.5, 0.6) is 0 Å². The average Bonchev–Trinajstić information content (AvgIpc) is 1.62. The number of aliphatic hydroxyl groups excluding tert-OH is 2. The van der Waals surface area contributed by atoms with Crippen LogP contribution in [0.4, 0.5) is 23.4 Å². The molecule has 6 aromatic heterocycles. The van der Waals surface area contributed by atoms with Crippen molar-refractivity contribution < 1.29 is 90.3 Å². The van der Waals surface area contributed by atoms with E-state index in [2.05, 4.69) is 66.7 Å². The van der Waals surface area contributed by atoms with Crippen LogP contribution in [0.3, 0.4) is 0 Å². The molecule has 4 aliphatic heterocycles. The van der Waals surface area contributed by atoms with Crippen molar-refractivity contribution in [3.63, 3.8) is 0 Å². The number of alkyl halides is 6. The van der Waals surface area contributed by atoms with E-state index in [4.69, 9.17) is 107 Å². The van der Waals surface area contributed by atoms with Crippen LogP contribution in [-0.4, -0.2) is 181 Å². The molecule has 26 nitrogen and oxygen atoms in total. The monoisotopic (exact) mass is 1720 g/mol. The van der Waals surface area contributed by atoms with Gasteiger partial charge in [0.05, 0.1) is 51.1 Å². The van der Waals surface area contributed by atoms with Crippen molar-refractivity contribution >= 4 is 153 Å². The molecule has 4 fully saturated rings. The lowest BCUT2D eigenvalue weighted by molar-refractivity contribution is -0.121. The number of nitrogens with zero attached hydrogens (tertiary/aromatic N) is 8. The third kappa shape index (κ3) is 21.0. The number of aromatic nitrogens is 9. The molecule has 4 aliphatic rings. The number of nitrogens with two attached hydrogens (primary N) is 1. The van der Waals surface area contributed by atoms with Crippen molar-refractivity contribution in [1.29, 1.82) is 0 Å². The van der Waals surface area contributed by atoms with Crippen molar-refractivity contribution in [2.24, 2.45) is 0 Å². The lowest BCUT2D eigenvalue weighted by Gasteiger charge is -2.18. The van der Waals surface area contributed by atoms with Gasteiger partial charge in [0.15, 0.2) is 49.3 Å². The number of esters is 4. The van der Waals surface area contributed by atoms with E-state index in [0.29, 0.717) is 74.4 Å². The molecule has 107 heavy (non-hydrogen) atoms. The van der Waals surface area contributed by atoms with Crippen LogP contribution in [0.1, 0.15) is 93.9 Å². The Labute approximate surface area is 650 Å². The topological polar surface area (TPSA) is 378 Å². The van der Waals surface area contributed by atoms with Crippen molar-refractivity contribution in [2.75, 3.05) is 18.2 Å². The summed E-state index contributed by atoms with van der Waals surface area (Å²) in [5, 5.41) is 20.4. The minimum Gasteiger partial charge on any atom is -0.453 e. The number of halogens is 11. The van der Waals surface area contributed by atoms with Crippen LogP contribution >= 0.6 is 89.9 Å². The molecule has 10 heterocycles. The predicted octanol–water partition coefficient (Wildman–Crippen LogP) is 14.1. The second-order valence-electron chi connectivity index (χ2n) is 23.0. The van der Waals surface area contributed by atoms with Gasteiger partial charge in [-0.05, 0) is 127 Å². The molecular weight excluding hydrogens is 1650 g/mol. The summed E-state index contributed by atoms with van der Waals surface area (Å²) in [6, 6.07) is 38.6. The van der Waals surface area contributed by atoms with Crippen LogP contribution < -0.4 is 11.9 Å². The van der Waals surface area contributed by atoms with Crippen molar-refractivity contribution in [3.8, 4) is 0 Å². The number of fused-ring (bicyclic) bond motifs is 3. The normalized spacial score (nSPS) is 24.5. The molecule has 10 aromatic rings. The number of benzene rings is 4. The number of hydrogen-bond acceptors (Lipinski definition) is 22. The number of rotatable bonds is 14. The molecule has 0 saturated carbocycles. The fraction of sp³-hybridized carbons (Fsp3) is 0.343. The van der Waals surface area contributed by atoms with Crippen LogP contribution in [0.15, 0.2) is 158 Å². The SMILES string of the molecule is CBr.CC[C@H]1O[C@@H](n2ccc3c(Cl)nc(Cl)nc32)[C@H](F)C1OC(=O)c1ccccc1.CC[C@H]1O[C@H](Br)[C@H](F)C1OC(=O)c1ccccc1.CC[C@H]1O[C@H](OC(=O)c2ccccc2)[C@H](F)C1OC(=O)c1ccccc1.Clc1nc(Cl)c2cc[nH]c2n1.N.Nc1nc(Cl)nc2c1ccn2[C@@H]1O[C@H](CO)C(O)[C@H]1F.O. The first-order chi connectivity index (χ1) is 50.5. The summed E-state index contributed by atoms with van der Waals surface area (Å²) in [5.41, 5.74) is 8.41. The van der Waals surface area contributed by atoms with Crippen LogP contribution in [-0.2, 0) is 37.9 Å². The molecule has 4 unspecified atom stereocenters. The van der Waals surface area contributed by atoms with E-state index in [-0.39, 0.29) is 38.4 Å². The van der Waals surface area contributed by atoms with Gasteiger partial charge in [0.25, 0.3) is 0 Å². The summed E-state index contributed by atoms with van der Waals surface area (Å²) in [7, 11) is 0. The van der Waals surface area contributed by atoms with E-state index in [9.17, 15) is 37.5 Å². The highest BCUT2D eigenvalue weighted by molar-refractivity contribution is 9.09. The summed E-state index contributed by atoms with van der Waals surface area (Å²) >= 11 is 35.0. The molecular formula is C70H72Br2Cl5F4N11O15. The Bertz CT molecular complexity index is 4530. The summed E-state index contributed by atoms with van der Waals surface area (Å²) in [4.78, 5) is 75.0. The van der Waals surface area contributed by atoms with Gasteiger partial charge in [0, 0.05) is 18.6 Å². The number of hydrogen-bond donors (Lipinski definition) is 5. The smallest absolute Gasteiger partial charge is 0.340 e. The zero-order chi connectivity index (χ0) is 75.8. The molecule has 0 amide bonds. The van der Waals surface area contributed by atoms with E-state index in [1.165, 1.54) is 15.3 Å². The average molecular weight is 1720 g/mol. The summed E-state index contributed by atoms with van der Waals surface area (Å²) in [5.74, 6) is -0.467. The number of H-pyrrole nitrogens is 1. The number of ether oxygens (including phenoxy) is 8. The van der Waals surface area contributed by atoms with Crippen molar-refractivity contribution in [1.82, 2.24) is 50.2 Å². The number of anilines is 1. The number of aliphatic hydroxyl groups is 2. The van der Waals surface area contributed by atoms with Gasteiger partial charge in [-0.15, -0.1) is 0 Å². The Hall–Kier alpha value is -7.77. The largest absolute Gasteiger partial charge is 0.453 e. The highest BCUT2D eigenvalue weighted by Gasteiger charge is 2.51. The van der Waals surface area contributed by atoms with Gasteiger partial charge in [0.2, 0.25) is 28.3 Å². The molecule has 14 rings (SSSR count). The molecule has 574 valence electrons. The van der Waals surface area contributed by atoms with Crippen molar-refractivity contribution in [2.45, 2.75) is 137 Å². The summed E-state index contributed by atoms with van der Waals surface area (Å²) in [6.45, 7) is 5.01. The lowest BCUT2D eigenvalue weighted by Crippen LogP contribution is -2.35. The van der Waals surface area contributed by atoms with Gasteiger partial charge >= 0.3 is 23.9 Å². The van der Waals surface area contributed by atoms with Gasteiger partial charge in [-0.3, -0.25) is 0 Å². The van der Waals surface area contributed by atoms with Gasteiger partial charge in [-0.2, -0.15) is 15.0 Å². The minimum atomic E-state index is -1.76. The first-order valence-electron chi connectivity index (χ1n) is 32.2. The van der Waals surface area contributed by atoms with E-state index in [1.807, 2.05) is 19.7 Å². The first kappa shape index (κ1) is 86.5. The molecule has 0 spiro atoms. The predicted molar refractivity (Wildman–Crippen MR) is 398 cm³/mol. The molecule has 16 atom stereocenters. The van der Waals surface area contributed by atoms with Crippen molar-refractivity contribution in [3.05, 3.63) is 207 Å². The molecule has 0 radical (unpaired) electrons. The van der Waals surface area contributed by atoms with Gasteiger partial charge in [0.1, 0.15) is 62.5 Å². The number of nitrogen functional groups attached to an aromatic ring is 1. The fourth-order valence-corrected chi connectivity index (χ4v) is 12.8. The fourth-order valence-electron chi connectivity index (χ4n) is 11.2. The third-order valence-electron chi connectivity index (χ3n) is 16.4. The summed E-state index contributed by atoms with van der Waals surface area (Å²) < 4.78 is 104. The quantitative estimate of drug-likeness (QED) is 0.0169. The van der Waals surface area contributed by atoms with Gasteiger partial charge in [-0.1, -0.05) is 149 Å². The Balaban J connectivity index is 0.000000189. The molecule has 37 heteroatoms. The summed E-state index contributed by atoms with van der Waals surface area (Å²) in [6.07, 6.45) is -10.7. The molecule has 10 N–H and O–H groups in total.